The molecule has 1 N–H and O–H groups in total. The lowest BCUT2D eigenvalue weighted by atomic mass is 10.1. The predicted molar refractivity (Wildman–Crippen MR) is 68.9 cm³/mol. The number of amides is 1. The Labute approximate surface area is 107 Å². The zero-order valence-electron chi connectivity index (χ0n) is 10.6. The number of hydrogen-bond donors (Lipinski definition) is 1. The first kappa shape index (κ1) is 14.0. The maximum absolute atomic E-state index is 11.6. The number of methoxy groups -OCH3 is 1. The molecule has 0 bridgehead atoms. The number of ether oxygens (including phenoxy) is 1. The average Bonchev–Trinajstić information content (AvgIpc) is 2.38. The van der Waals surface area contributed by atoms with Crippen LogP contribution in [0.1, 0.15) is 12.5 Å². The minimum Gasteiger partial charge on any atom is -0.467 e. The van der Waals surface area contributed by atoms with E-state index in [1.54, 1.807) is 13.0 Å². The molecule has 0 saturated carbocycles. The van der Waals surface area contributed by atoms with Crippen LogP contribution in [0.4, 0.5) is 0 Å². The van der Waals surface area contributed by atoms with Gasteiger partial charge in [-0.05, 0) is 18.6 Å². The highest BCUT2D eigenvalue weighted by Crippen LogP contribution is 2.04. The smallest absolute Gasteiger partial charge is 0.328 e. The molecule has 4 nitrogen and oxygen atoms in total. The molecule has 96 valence electrons. The normalized spacial score (nSPS) is 12.1. The standard InChI is InChI=1S/C14H17NO3/c1-3-7-13(16)15-12(14(17)18-2)10-11-8-5-4-6-9-11/h3-9,12H,10H2,1-2H3,(H,15,16)/b7-3+. The minimum absolute atomic E-state index is 0.302. The Hall–Kier alpha value is -2.10. The van der Waals surface area contributed by atoms with E-state index in [0.717, 1.165) is 5.56 Å². The van der Waals surface area contributed by atoms with Crippen LogP contribution in [0.3, 0.4) is 0 Å². The fourth-order valence-corrected chi connectivity index (χ4v) is 1.56. The molecule has 1 rings (SSSR count). The van der Waals surface area contributed by atoms with Crippen molar-refractivity contribution in [3.05, 3.63) is 48.0 Å². The fraction of sp³-hybridized carbons (Fsp3) is 0.286. The van der Waals surface area contributed by atoms with Crippen molar-refractivity contribution >= 4 is 11.9 Å². The summed E-state index contributed by atoms with van der Waals surface area (Å²) in [6.07, 6.45) is 3.41. The molecule has 0 aliphatic rings. The highest BCUT2D eigenvalue weighted by atomic mass is 16.5. The molecule has 0 aliphatic carbocycles. The Kier molecular flexibility index (Phi) is 5.64. The number of carbonyl (C=O) groups excluding carboxylic acids is 2. The third-order valence-electron chi connectivity index (χ3n) is 2.40. The summed E-state index contributed by atoms with van der Waals surface area (Å²) < 4.78 is 4.69. The van der Waals surface area contributed by atoms with E-state index in [-0.39, 0.29) is 5.91 Å². The maximum atomic E-state index is 11.6. The topological polar surface area (TPSA) is 55.4 Å². The number of carbonyl (C=O) groups is 2. The molecule has 0 saturated heterocycles. The molecule has 0 radical (unpaired) electrons. The van der Waals surface area contributed by atoms with Gasteiger partial charge in [0, 0.05) is 6.42 Å². The van der Waals surface area contributed by atoms with Crippen LogP contribution in [0.25, 0.3) is 0 Å². The van der Waals surface area contributed by atoms with Crippen molar-refractivity contribution in [1.82, 2.24) is 5.32 Å². The van der Waals surface area contributed by atoms with Gasteiger partial charge in [-0.2, -0.15) is 0 Å². The molecule has 0 fully saturated rings. The molecule has 0 heterocycles. The van der Waals surface area contributed by atoms with Gasteiger partial charge in [-0.25, -0.2) is 4.79 Å². The quantitative estimate of drug-likeness (QED) is 0.633. The van der Waals surface area contributed by atoms with Gasteiger partial charge >= 0.3 is 5.97 Å². The van der Waals surface area contributed by atoms with Crippen molar-refractivity contribution in [1.29, 1.82) is 0 Å². The van der Waals surface area contributed by atoms with Crippen molar-refractivity contribution in [2.24, 2.45) is 0 Å². The van der Waals surface area contributed by atoms with Crippen molar-refractivity contribution in [3.63, 3.8) is 0 Å². The van der Waals surface area contributed by atoms with Crippen molar-refractivity contribution in [2.45, 2.75) is 19.4 Å². The van der Waals surface area contributed by atoms with E-state index < -0.39 is 12.0 Å². The summed E-state index contributed by atoms with van der Waals surface area (Å²) in [6.45, 7) is 1.74. The van der Waals surface area contributed by atoms with Gasteiger partial charge < -0.3 is 10.1 Å². The van der Waals surface area contributed by atoms with Gasteiger partial charge in [-0.3, -0.25) is 4.79 Å². The van der Waals surface area contributed by atoms with E-state index in [0.29, 0.717) is 6.42 Å². The van der Waals surface area contributed by atoms with E-state index in [2.05, 4.69) is 10.1 Å². The summed E-state index contributed by atoms with van der Waals surface area (Å²) in [5.74, 6) is -0.750. The summed E-state index contributed by atoms with van der Waals surface area (Å²) in [7, 11) is 1.31. The molecular formula is C14H17NO3. The number of esters is 1. The van der Waals surface area contributed by atoms with Gasteiger partial charge in [0.25, 0.3) is 0 Å². The van der Waals surface area contributed by atoms with Gasteiger partial charge in [0.2, 0.25) is 5.91 Å². The van der Waals surface area contributed by atoms with Crippen LogP contribution in [0, 0.1) is 0 Å². The van der Waals surface area contributed by atoms with Crippen molar-refractivity contribution in [2.75, 3.05) is 7.11 Å². The Balaban J connectivity index is 2.73. The molecule has 1 aromatic rings. The molecule has 4 heteroatoms. The second-order valence-electron chi connectivity index (χ2n) is 3.77. The van der Waals surface area contributed by atoms with Gasteiger partial charge in [-0.15, -0.1) is 0 Å². The summed E-state index contributed by atoms with van der Waals surface area (Å²) in [5.41, 5.74) is 0.966. The summed E-state index contributed by atoms with van der Waals surface area (Å²) >= 11 is 0. The van der Waals surface area contributed by atoms with Crippen LogP contribution >= 0.6 is 0 Å². The second-order valence-corrected chi connectivity index (χ2v) is 3.77. The lowest BCUT2D eigenvalue weighted by Crippen LogP contribution is -2.42. The molecule has 1 aromatic carbocycles. The van der Waals surface area contributed by atoms with E-state index in [1.165, 1.54) is 13.2 Å². The van der Waals surface area contributed by atoms with E-state index in [9.17, 15) is 9.59 Å². The van der Waals surface area contributed by atoms with Crippen LogP contribution in [0.5, 0.6) is 0 Å². The highest BCUT2D eigenvalue weighted by molar-refractivity contribution is 5.91. The van der Waals surface area contributed by atoms with Crippen LogP contribution in [-0.4, -0.2) is 25.0 Å². The molecule has 1 unspecified atom stereocenters. The Bertz CT molecular complexity index is 426. The lowest BCUT2D eigenvalue weighted by molar-refractivity contribution is -0.144. The maximum Gasteiger partial charge on any atom is 0.328 e. The number of allylic oxidation sites excluding steroid dienone is 1. The summed E-state index contributed by atoms with van der Waals surface area (Å²) in [6, 6.07) is 8.81. The third-order valence-corrected chi connectivity index (χ3v) is 2.40. The third kappa shape index (κ3) is 4.41. The molecule has 0 aliphatic heterocycles. The van der Waals surface area contributed by atoms with Crippen molar-refractivity contribution in [3.8, 4) is 0 Å². The minimum atomic E-state index is -0.666. The molecule has 1 atom stereocenters. The zero-order valence-corrected chi connectivity index (χ0v) is 10.6. The van der Waals surface area contributed by atoms with Crippen LogP contribution in [-0.2, 0) is 20.7 Å². The largest absolute Gasteiger partial charge is 0.467 e. The second kappa shape index (κ2) is 7.27. The van der Waals surface area contributed by atoms with E-state index >= 15 is 0 Å². The number of benzene rings is 1. The Morgan fingerprint density at radius 1 is 1.33 bits per heavy atom. The first-order chi connectivity index (χ1) is 8.67. The van der Waals surface area contributed by atoms with Gasteiger partial charge in [0.1, 0.15) is 6.04 Å². The summed E-state index contributed by atoms with van der Waals surface area (Å²) in [4.78, 5) is 23.1. The molecule has 0 spiro atoms. The highest BCUT2D eigenvalue weighted by Gasteiger charge is 2.20. The average molecular weight is 247 g/mol. The predicted octanol–water partition coefficient (Wildman–Crippen LogP) is 1.46. The SMILES string of the molecule is C/C=C/C(=O)NC(Cc1ccccc1)C(=O)OC. The monoisotopic (exact) mass is 247 g/mol. The number of nitrogens with one attached hydrogen (secondary N) is 1. The van der Waals surface area contributed by atoms with E-state index in [4.69, 9.17) is 0 Å². The van der Waals surface area contributed by atoms with Crippen LogP contribution in [0.2, 0.25) is 0 Å². The first-order valence-electron chi connectivity index (χ1n) is 5.72. The molecule has 18 heavy (non-hydrogen) atoms. The van der Waals surface area contributed by atoms with Crippen molar-refractivity contribution < 1.29 is 14.3 Å². The van der Waals surface area contributed by atoms with Crippen LogP contribution < -0.4 is 5.32 Å². The lowest BCUT2D eigenvalue weighted by Gasteiger charge is -2.15. The fourth-order valence-electron chi connectivity index (χ4n) is 1.56. The Morgan fingerprint density at radius 3 is 2.56 bits per heavy atom. The number of hydrogen-bond acceptors (Lipinski definition) is 3. The van der Waals surface area contributed by atoms with Gasteiger partial charge in [-0.1, -0.05) is 36.4 Å². The van der Waals surface area contributed by atoms with Crippen LogP contribution in [0.15, 0.2) is 42.5 Å². The summed E-state index contributed by atoms with van der Waals surface area (Å²) in [5, 5.41) is 2.62. The van der Waals surface area contributed by atoms with E-state index in [1.807, 2.05) is 30.3 Å². The number of rotatable bonds is 5. The molecule has 1 amide bonds. The first-order valence-corrected chi connectivity index (χ1v) is 5.72. The molecule has 0 aromatic heterocycles. The Morgan fingerprint density at radius 2 is 2.00 bits per heavy atom. The molecular weight excluding hydrogens is 230 g/mol. The zero-order chi connectivity index (χ0) is 13.4. The van der Waals surface area contributed by atoms with Gasteiger partial charge in [0.15, 0.2) is 0 Å². The van der Waals surface area contributed by atoms with Gasteiger partial charge in [0.05, 0.1) is 7.11 Å².